The van der Waals surface area contributed by atoms with Crippen molar-refractivity contribution in [3.05, 3.63) is 28.8 Å². The van der Waals surface area contributed by atoms with Gasteiger partial charge in [-0.05, 0) is 64.0 Å². The summed E-state index contributed by atoms with van der Waals surface area (Å²) in [7, 11) is 2.06. The second kappa shape index (κ2) is 9.58. The Morgan fingerprint density at radius 1 is 1.42 bits per heavy atom. The lowest BCUT2D eigenvalue weighted by molar-refractivity contribution is -0.137. The van der Waals surface area contributed by atoms with Crippen LogP contribution in [0.15, 0.2) is 18.2 Å². The summed E-state index contributed by atoms with van der Waals surface area (Å²) in [6, 6.07) is 3.19. The number of halogens is 4. The zero-order valence-electron chi connectivity index (χ0n) is 14.8. The number of hydrogen-bond acceptors (Lipinski definition) is 4. The van der Waals surface area contributed by atoms with E-state index in [-0.39, 0.29) is 10.7 Å². The molecule has 0 bridgehead atoms. The highest BCUT2D eigenvalue weighted by Gasteiger charge is 2.31. The Morgan fingerprint density at radius 2 is 2.19 bits per heavy atom. The number of benzene rings is 1. The summed E-state index contributed by atoms with van der Waals surface area (Å²) in [5.74, 6) is 0. The lowest BCUT2D eigenvalue weighted by Gasteiger charge is -2.31. The highest BCUT2D eigenvalue weighted by atomic mass is 35.5. The van der Waals surface area contributed by atoms with Crippen molar-refractivity contribution in [1.29, 1.82) is 0 Å². The molecule has 0 radical (unpaired) electrons. The number of aldehydes is 1. The summed E-state index contributed by atoms with van der Waals surface area (Å²) < 4.78 is 38.6. The minimum atomic E-state index is -4.48. The van der Waals surface area contributed by atoms with Crippen molar-refractivity contribution in [2.75, 3.05) is 32.0 Å². The number of nitrogens with zero attached hydrogens (tertiary/aromatic N) is 1. The van der Waals surface area contributed by atoms with Crippen LogP contribution in [-0.2, 0) is 11.0 Å². The van der Waals surface area contributed by atoms with Crippen molar-refractivity contribution in [2.24, 2.45) is 0 Å². The van der Waals surface area contributed by atoms with Crippen molar-refractivity contribution in [1.82, 2.24) is 10.2 Å². The fraction of sp³-hybridized carbons (Fsp3) is 0.611. The van der Waals surface area contributed by atoms with Gasteiger partial charge < -0.3 is 20.3 Å². The van der Waals surface area contributed by atoms with Crippen molar-refractivity contribution in [3.63, 3.8) is 0 Å². The van der Waals surface area contributed by atoms with Gasteiger partial charge in [-0.3, -0.25) is 0 Å². The first-order chi connectivity index (χ1) is 12.3. The Hall–Kier alpha value is -1.31. The molecule has 2 N–H and O–H groups in total. The zero-order chi connectivity index (χ0) is 19.2. The molecular weight excluding hydrogens is 367 g/mol. The molecular formula is C18H25ClF3N3O. The molecule has 0 spiro atoms. The molecule has 1 aliphatic rings. The largest absolute Gasteiger partial charge is 0.416 e. The number of likely N-dealkylation sites (N-methyl/N-ethyl adjacent to an activating group) is 1. The van der Waals surface area contributed by atoms with Crippen LogP contribution in [0, 0.1) is 0 Å². The summed E-state index contributed by atoms with van der Waals surface area (Å²) in [6.07, 6.45) is -0.117. The molecule has 0 aliphatic carbocycles. The van der Waals surface area contributed by atoms with E-state index in [1.807, 2.05) is 0 Å². The molecule has 26 heavy (non-hydrogen) atoms. The number of piperidine rings is 1. The monoisotopic (exact) mass is 391 g/mol. The van der Waals surface area contributed by atoms with Crippen LogP contribution in [0.2, 0.25) is 5.02 Å². The second-order valence-corrected chi connectivity index (χ2v) is 7.17. The number of carbonyl (C=O) groups is 1. The summed E-state index contributed by atoms with van der Waals surface area (Å²) in [6.45, 7) is 2.86. The van der Waals surface area contributed by atoms with Crippen LogP contribution in [0.1, 0.15) is 31.2 Å². The number of hydrogen-bond donors (Lipinski definition) is 2. The van der Waals surface area contributed by atoms with E-state index >= 15 is 0 Å². The molecule has 0 saturated carbocycles. The van der Waals surface area contributed by atoms with E-state index in [9.17, 15) is 18.0 Å². The molecule has 1 saturated heterocycles. The van der Waals surface area contributed by atoms with Crippen molar-refractivity contribution in [2.45, 2.75) is 43.9 Å². The van der Waals surface area contributed by atoms with Crippen LogP contribution >= 0.6 is 11.6 Å². The molecule has 1 heterocycles. The van der Waals surface area contributed by atoms with E-state index in [2.05, 4.69) is 22.6 Å². The van der Waals surface area contributed by atoms with E-state index in [1.54, 1.807) is 0 Å². The number of carbonyl (C=O) groups excluding carboxylic acids is 1. The van der Waals surface area contributed by atoms with Gasteiger partial charge in [0.15, 0.2) is 0 Å². The third-order valence-electron chi connectivity index (χ3n) is 4.66. The van der Waals surface area contributed by atoms with Crippen LogP contribution in [0.5, 0.6) is 0 Å². The Bertz CT molecular complexity index is 592. The van der Waals surface area contributed by atoms with Gasteiger partial charge in [-0.2, -0.15) is 13.2 Å². The maximum atomic E-state index is 12.9. The topological polar surface area (TPSA) is 44.4 Å². The van der Waals surface area contributed by atoms with Crippen LogP contribution < -0.4 is 10.6 Å². The minimum Gasteiger partial charge on any atom is -0.375 e. The number of nitrogens with one attached hydrogen (secondary N) is 2. The molecule has 1 fully saturated rings. The maximum Gasteiger partial charge on any atom is 0.416 e. The molecule has 0 aromatic heterocycles. The van der Waals surface area contributed by atoms with Crippen LogP contribution in [0.3, 0.4) is 0 Å². The van der Waals surface area contributed by atoms with Crippen LogP contribution in [-0.4, -0.2) is 50.0 Å². The van der Waals surface area contributed by atoms with Gasteiger partial charge in [0.25, 0.3) is 0 Å². The lowest BCUT2D eigenvalue weighted by atomic mass is 10.1. The molecule has 4 nitrogen and oxygen atoms in total. The van der Waals surface area contributed by atoms with Crippen molar-refractivity contribution >= 4 is 23.6 Å². The zero-order valence-corrected chi connectivity index (χ0v) is 15.5. The summed E-state index contributed by atoms with van der Waals surface area (Å²) >= 11 is 5.77. The van der Waals surface area contributed by atoms with E-state index in [1.165, 1.54) is 6.07 Å². The Kier molecular flexibility index (Phi) is 7.73. The smallest absolute Gasteiger partial charge is 0.375 e. The Morgan fingerprint density at radius 3 is 2.81 bits per heavy atom. The Labute approximate surface area is 157 Å². The summed E-state index contributed by atoms with van der Waals surface area (Å²) in [5.41, 5.74) is -0.631. The molecule has 8 heteroatoms. The van der Waals surface area contributed by atoms with Gasteiger partial charge in [-0.1, -0.05) is 11.6 Å². The molecule has 2 unspecified atom stereocenters. The Balaban J connectivity index is 1.87. The van der Waals surface area contributed by atoms with Crippen LogP contribution in [0.4, 0.5) is 18.9 Å². The lowest BCUT2D eigenvalue weighted by Crippen LogP contribution is -2.44. The normalized spacial score (nSPS) is 19.4. The highest BCUT2D eigenvalue weighted by Crippen LogP contribution is 2.33. The first-order valence-electron chi connectivity index (χ1n) is 8.80. The molecule has 2 rings (SSSR count). The fourth-order valence-electron chi connectivity index (χ4n) is 3.18. The molecule has 1 aromatic carbocycles. The van der Waals surface area contributed by atoms with Crippen molar-refractivity contribution < 1.29 is 18.0 Å². The molecule has 0 amide bonds. The van der Waals surface area contributed by atoms with Gasteiger partial charge in [0.05, 0.1) is 11.6 Å². The van der Waals surface area contributed by atoms with Gasteiger partial charge in [0, 0.05) is 23.3 Å². The highest BCUT2D eigenvalue weighted by molar-refractivity contribution is 6.30. The first-order valence-corrected chi connectivity index (χ1v) is 9.18. The third-order valence-corrected chi connectivity index (χ3v) is 4.88. The number of rotatable bonds is 8. The predicted molar refractivity (Wildman–Crippen MR) is 97.7 cm³/mol. The number of alkyl halides is 3. The van der Waals surface area contributed by atoms with Crippen molar-refractivity contribution in [3.8, 4) is 0 Å². The van der Waals surface area contributed by atoms with Crippen LogP contribution in [0.25, 0.3) is 0 Å². The summed E-state index contributed by atoms with van der Waals surface area (Å²) in [4.78, 5) is 13.6. The SMILES string of the molecule is CN(CCCC(C=O)Nc1cc(Cl)cc(C(F)(F)F)c1)C1CCCNC1. The maximum absolute atomic E-state index is 12.9. The second-order valence-electron chi connectivity index (χ2n) is 6.74. The first kappa shape index (κ1) is 21.0. The van der Waals surface area contributed by atoms with E-state index < -0.39 is 17.8 Å². The number of anilines is 1. The molecule has 1 aromatic rings. The average Bonchev–Trinajstić information content (AvgIpc) is 2.60. The molecule has 1 aliphatic heterocycles. The minimum absolute atomic E-state index is 0.0171. The van der Waals surface area contributed by atoms with Gasteiger partial charge in [0.2, 0.25) is 0 Å². The van der Waals surface area contributed by atoms with E-state index in [0.29, 0.717) is 12.5 Å². The van der Waals surface area contributed by atoms with Gasteiger partial charge in [0.1, 0.15) is 6.29 Å². The van der Waals surface area contributed by atoms with Gasteiger partial charge >= 0.3 is 6.18 Å². The fourth-order valence-corrected chi connectivity index (χ4v) is 3.41. The summed E-state index contributed by atoms with van der Waals surface area (Å²) in [5, 5.41) is 6.20. The predicted octanol–water partition coefficient (Wildman–Crippen LogP) is 3.80. The standard InChI is InChI=1S/C18H25ClF3N3O/c1-25(17-5-2-6-23-11-17)7-3-4-15(12-26)24-16-9-13(18(20,21)22)8-14(19)10-16/h8-10,12,15,17,23-24H,2-7,11H2,1H3. The van der Waals surface area contributed by atoms with Gasteiger partial charge in [-0.15, -0.1) is 0 Å². The third kappa shape index (κ3) is 6.45. The van der Waals surface area contributed by atoms with Gasteiger partial charge in [-0.25, -0.2) is 0 Å². The molecule has 146 valence electrons. The quantitative estimate of drug-likeness (QED) is 0.661. The van der Waals surface area contributed by atoms with E-state index in [4.69, 9.17) is 11.6 Å². The van der Waals surface area contributed by atoms with E-state index in [0.717, 1.165) is 57.3 Å². The average molecular weight is 392 g/mol. The molecule has 2 atom stereocenters.